The van der Waals surface area contributed by atoms with Crippen LogP contribution in [-0.4, -0.2) is 4.98 Å². The Balaban J connectivity index is 3.22. The third-order valence-corrected chi connectivity index (χ3v) is 2.85. The van der Waals surface area contributed by atoms with Gasteiger partial charge in [-0.1, -0.05) is 11.6 Å². The van der Waals surface area contributed by atoms with E-state index in [1.54, 1.807) is 0 Å². The van der Waals surface area contributed by atoms with E-state index in [0.29, 0.717) is 9.26 Å². The lowest BCUT2D eigenvalue weighted by Gasteiger charge is -2.05. The maximum atomic E-state index is 12.3. The fourth-order valence-corrected chi connectivity index (χ4v) is 2.24. The van der Waals surface area contributed by atoms with Gasteiger partial charge >= 0.3 is 0 Å². The van der Waals surface area contributed by atoms with Crippen LogP contribution in [0.2, 0.25) is 5.02 Å². The fourth-order valence-electron chi connectivity index (χ4n) is 0.767. The molecule has 0 radical (unpaired) electrons. The lowest BCUT2D eigenvalue weighted by atomic mass is 10.3. The minimum absolute atomic E-state index is 0.0201. The third kappa shape index (κ3) is 2.63. The van der Waals surface area contributed by atoms with Crippen molar-refractivity contribution in [2.45, 2.75) is 12.3 Å². The summed E-state index contributed by atoms with van der Waals surface area (Å²) in [6.07, 6.45) is -2.66. The van der Waals surface area contributed by atoms with Gasteiger partial charge in [-0.2, -0.15) is 0 Å². The van der Waals surface area contributed by atoms with Crippen LogP contribution in [0, 0.1) is 3.57 Å². The fraction of sp³-hybridized carbons (Fsp3) is 0.286. The number of pyridine rings is 1. The van der Waals surface area contributed by atoms with Crippen molar-refractivity contribution >= 4 is 45.8 Å². The van der Waals surface area contributed by atoms with Gasteiger partial charge in [-0.3, -0.25) is 0 Å². The molecule has 1 aromatic heterocycles. The Bertz CT molecular complexity index is 320. The van der Waals surface area contributed by atoms with Crippen LogP contribution in [0.1, 0.15) is 17.8 Å². The number of alkyl halides is 3. The standard InChI is InChI=1S/C7H4Cl2F2IN/c8-2-5-4(12)1-3(9)6(13-5)7(10)11/h1,7H,2H2. The second-order valence-electron chi connectivity index (χ2n) is 2.22. The van der Waals surface area contributed by atoms with Crippen molar-refractivity contribution in [2.24, 2.45) is 0 Å². The molecule has 0 aromatic carbocycles. The molecule has 0 spiro atoms. The molecule has 0 saturated carbocycles. The molecule has 1 aromatic rings. The third-order valence-electron chi connectivity index (χ3n) is 1.36. The van der Waals surface area contributed by atoms with Gasteiger partial charge in [-0.15, -0.1) is 11.6 Å². The van der Waals surface area contributed by atoms with Crippen molar-refractivity contribution in [1.82, 2.24) is 4.98 Å². The SMILES string of the molecule is FC(F)c1nc(CCl)c(I)cc1Cl. The van der Waals surface area contributed by atoms with Crippen LogP contribution in [0.25, 0.3) is 0 Å². The minimum Gasteiger partial charge on any atom is -0.248 e. The summed E-state index contributed by atoms with van der Waals surface area (Å²) >= 11 is 13.0. The molecular formula is C7H4Cl2F2IN. The summed E-state index contributed by atoms with van der Waals surface area (Å²) in [4.78, 5) is 3.67. The van der Waals surface area contributed by atoms with Crippen LogP contribution in [0.4, 0.5) is 8.78 Å². The highest BCUT2D eigenvalue weighted by atomic mass is 127. The molecule has 0 amide bonds. The second-order valence-corrected chi connectivity index (χ2v) is 4.05. The largest absolute Gasteiger partial charge is 0.281 e. The highest BCUT2D eigenvalue weighted by Gasteiger charge is 2.16. The maximum Gasteiger partial charge on any atom is 0.281 e. The molecule has 1 heterocycles. The van der Waals surface area contributed by atoms with Crippen molar-refractivity contribution in [1.29, 1.82) is 0 Å². The summed E-state index contributed by atoms with van der Waals surface area (Å²) in [7, 11) is 0. The smallest absolute Gasteiger partial charge is 0.248 e. The molecule has 6 heteroatoms. The van der Waals surface area contributed by atoms with E-state index in [9.17, 15) is 8.78 Å². The Labute approximate surface area is 97.6 Å². The summed E-state index contributed by atoms with van der Waals surface area (Å²) in [5, 5.41) is -0.0201. The van der Waals surface area contributed by atoms with Crippen LogP contribution in [0.5, 0.6) is 0 Å². The first-order valence-corrected chi connectivity index (χ1v) is 5.24. The van der Waals surface area contributed by atoms with Crippen LogP contribution in [0.3, 0.4) is 0 Å². The van der Waals surface area contributed by atoms with Gasteiger partial charge in [0, 0.05) is 3.57 Å². The first kappa shape index (κ1) is 11.4. The maximum absolute atomic E-state index is 12.3. The number of nitrogens with zero attached hydrogens (tertiary/aromatic N) is 1. The van der Waals surface area contributed by atoms with Crippen LogP contribution >= 0.6 is 45.8 Å². The van der Waals surface area contributed by atoms with Crippen molar-refractivity contribution in [3.8, 4) is 0 Å². The summed E-state index contributed by atoms with van der Waals surface area (Å²) in [5.74, 6) is 0.106. The molecule has 1 rings (SSSR count). The Morgan fingerprint density at radius 2 is 2.15 bits per heavy atom. The van der Waals surface area contributed by atoms with E-state index in [-0.39, 0.29) is 10.9 Å². The van der Waals surface area contributed by atoms with Crippen molar-refractivity contribution in [2.75, 3.05) is 0 Å². The number of hydrogen-bond acceptors (Lipinski definition) is 1. The number of hydrogen-bond donors (Lipinski definition) is 0. The topological polar surface area (TPSA) is 12.9 Å². The van der Waals surface area contributed by atoms with E-state index >= 15 is 0 Å². The monoisotopic (exact) mass is 337 g/mol. The Morgan fingerprint density at radius 3 is 2.62 bits per heavy atom. The zero-order valence-electron chi connectivity index (χ0n) is 6.20. The summed E-state index contributed by atoms with van der Waals surface area (Å²) in [5.41, 5.74) is 0.0275. The molecule has 0 bridgehead atoms. The van der Waals surface area contributed by atoms with Gasteiger partial charge in [-0.25, -0.2) is 13.8 Å². The molecule has 0 saturated heterocycles. The number of aromatic nitrogens is 1. The van der Waals surface area contributed by atoms with Gasteiger partial charge in [0.15, 0.2) is 0 Å². The molecule has 0 fully saturated rings. The predicted octanol–water partition coefficient (Wildman–Crippen LogP) is 4.02. The van der Waals surface area contributed by atoms with Crippen LogP contribution in [0.15, 0.2) is 6.07 Å². The molecular weight excluding hydrogens is 334 g/mol. The molecule has 1 nitrogen and oxygen atoms in total. The Hall–Kier alpha value is 0.320. The van der Waals surface area contributed by atoms with E-state index < -0.39 is 12.1 Å². The molecule has 0 aliphatic carbocycles. The van der Waals surface area contributed by atoms with Gasteiger partial charge in [0.05, 0.1) is 16.6 Å². The van der Waals surface area contributed by atoms with Crippen LogP contribution < -0.4 is 0 Å². The normalized spacial score (nSPS) is 10.9. The summed E-state index contributed by atoms with van der Waals surface area (Å²) in [6.45, 7) is 0. The number of rotatable bonds is 2. The average Bonchev–Trinajstić information content (AvgIpc) is 2.03. The van der Waals surface area contributed by atoms with Gasteiger partial charge in [0.1, 0.15) is 5.69 Å². The van der Waals surface area contributed by atoms with Crippen molar-refractivity contribution in [3.05, 3.63) is 26.0 Å². The van der Waals surface area contributed by atoms with Gasteiger partial charge in [0.2, 0.25) is 0 Å². The zero-order valence-corrected chi connectivity index (χ0v) is 9.87. The van der Waals surface area contributed by atoms with Crippen molar-refractivity contribution in [3.63, 3.8) is 0 Å². The van der Waals surface area contributed by atoms with E-state index in [0.717, 1.165) is 0 Å². The summed E-state index contributed by atoms with van der Waals surface area (Å²) in [6, 6.07) is 1.44. The molecule has 0 aliphatic rings. The molecule has 13 heavy (non-hydrogen) atoms. The lowest BCUT2D eigenvalue weighted by molar-refractivity contribution is 0.146. The van der Waals surface area contributed by atoms with Gasteiger partial charge in [0.25, 0.3) is 6.43 Å². The highest BCUT2D eigenvalue weighted by Crippen LogP contribution is 2.28. The Morgan fingerprint density at radius 1 is 1.54 bits per heavy atom. The molecule has 0 aliphatic heterocycles. The molecule has 0 N–H and O–H groups in total. The Kier molecular flexibility index (Phi) is 4.12. The van der Waals surface area contributed by atoms with E-state index in [1.165, 1.54) is 6.07 Å². The quantitative estimate of drug-likeness (QED) is 0.587. The first-order chi connectivity index (χ1) is 6.06. The molecule has 72 valence electrons. The van der Waals surface area contributed by atoms with Crippen molar-refractivity contribution < 1.29 is 8.78 Å². The zero-order chi connectivity index (χ0) is 10.0. The van der Waals surface area contributed by atoms with E-state index in [1.807, 2.05) is 22.6 Å². The molecule has 0 unspecified atom stereocenters. The van der Waals surface area contributed by atoms with Crippen LogP contribution in [-0.2, 0) is 5.88 Å². The summed E-state index contributed by atoms with van der Waals surface area (Å²) < 4.78 is 25.3. The van der Waals surface area contributed by atoms with E-state index in [4.69, 9.17) is 23.2 Å². The van der Waals surface area contributed by atoms with Gasteiger partial charge < -0.3 is 0 Å². The lowest BCUT2D eigenvalue weighted by Crippen LogP contribution is -1.98. The molecule has 0 atom stereocenters. The van der Waals surface area contributed by atoms with Gasteiger partial charge in [-0.05, 0) is 28.7 Å². The first-order valence-electron chi connectivity index (χ1n) is 3.25. The highest BCUT2D eigenvalue weighted by molar-refractivity contribution is 14.1. The minimum atomic E-state index is -2.66. The second kappa shape index (κ2) is 4.70. The predicted molar refractivity (Wildman–Crippen MR) is 56.5 cm³/mol. The number of halogens is 5. The average molecular weight is 338 g/mol. The van der Waals surface area contributed by atoms with E-state index in [2.05, 4.69) is 4.98 Å².